The number of fused-ring (bicyclic) bond motifs is 1. The van der Waals surface area contributed by atoms with E-state index in [0.717, 1.165) is 16.3 Å². The van der Waals surface area contributed by atoms with Crippen LogP contribution in [0.5, 0.6) is 0 Å². The van der Waals surface area contributed by atoms with Crippen molar-refractivity contribution in [3.8, 4) is 0 Å². The monoisotopic (exact) mass is 372 g/mol. The van der Waals surface area contributed by atoms with Crippen molar-refractivity contribution in [2.75, 3.05) is 7.11 Å². The number of alkyl halides is 1. The predicted molar refractivity (Wildman–Crippen MR) is 103 cm³/mol. The van der Waals surface area contributed by atoms with Crippen LogP contribution in [0.3, 0.4) is 0 Å². The molecule has 0 amide bonds. The third-order valence-corrected chi connectivity index (χ3v) is 5.57. The number of halogens is 2. The summed E-state index contributed by atoms with van der Waals surface area (Å²) < 4.78 is 5.03. The fourth-order valence-corrected chi connectivity index (χ4v) is 3.55. The van der Waals surface area contributed by atoms with Crippen LogP contribution in [-0.4, -0.2) is 13.1 Å². The van der Waals surface area contributed by atoms with Crippen molar-refractivity contribution in [1.82, 2.24) is 0 Å². The van der Waals surface area contributed by atoms with E-state index in [2.05, 4.69) is 12.1 Å². The molecule has 0 aromatic heterocycles. The lowest BCUT2D eigenvalue weighted by Crippen LogP contribution is -2.36. The number of rotatable bonds is 4. The molecule has 0 aliphatic carbocycles. The molecule has 128 valence electrons. The molecule has 3 aromatic carbocycles. The van der Waals surface area contributed by atoms with Gasteiger partial charge in [-0.3, -0.25) is 0 Å². The number of hydrogen-bond donors (Lipinski definition) is 0. The van der Waals surface area contributed by atoms with Crippen molar-refractivity contribution in [2.24, 2.45) is 0 Å². The first-order valence-corrected chi connectivity index (χ1v) is 8.74. The van der Waals surface area contributed by atoms with Crippen molar-refractivity contribution >= 4 is 39.9 Å². The van der Waals surface area contributed by atoms with Crippen molar-refractivity contribution in [3.63, 3.8) is 0 Å². The Kier molecular flexibility index (Phi) is 5.03. The van der Waals surface area contributed by atoms with Gasteiger partial charge in [-0.2, -0.15) is 0 Å². The second-order valence-electron chi connectivity index (χ2n) is 6.04. The van der Waals surface area contributed by atoms with Crippen LogP contribution in [0.15, 0.2) is 66.7 Å². The van der Waals surface area contributed by atoms with Crippen LogP contribution in [0.4, 0.5) is 0 Å². The minimum atomic E-state index is -1.33. The molecule has 3 rings (SSSR count). The number of ether oxygens (including phenoxy) is 1. The molecule has 0 N–H and O–H groups in total. The lowest BCUT2D eigenvalue weighted by molar-refractivity contribution is -0.144. The number of carbonyl (C=O) groups excluding carboxylic acids is 1. The van der Waals surface area contributed by atoms with E-state index in [9.17, 15) is 4.79 Å². The topological polar surface area (TPSA) is 26.3 Å². The molecule has 0 fully saturated rings. The molecule has 0 saturated heterocycles. The smallest absolute Gasteiger partial charge is 0.332 e. The summed E-state index contributed by atoms with van der Waals surface area (Å²) >= 11 is 12.9. The van der Waals surface area contributed by atoms with Crippen LogP contribution in [0.1, 0.15) is 24.0 Å². The van der Waals surface area contributed by atoms with E-state index >= 15 is 0 Å². The van der Waals surface area contributed by atoms with Crippen molar-refractivity contribution in [3.05, 3.63) is 82.9 Å². The molecule has 3 aromatic rings. The highest BCUT2D eigenvalue weighted by Gasteiger charge is 2.45. The van der Waals surface area contributed by atoms with Crippen molar-refractivity contribution in [2.45, 2.75) is 17.7 Å². The van der Waals surface area contributed by atoms with Gasteiger partial charge in [0.05, 0.1) is 7.11 Å². The van der Waals surface area contributed by atoms with Crippen LogP contribution < -0.4 is 0 Å². The fraction of sp³-hybridized carbons (Fsp3) is 0.190. The van der Waals surface area contributed by atoms with Crippen molar-refractivity contribution in [1.29, 1.82) is 0 Å². The molecule has 2 atom stereocenters. The third-order valence-electron chi connectivity index (χ3n) is 4.62. The number of hydrogen-bond acceptors (Lipinski definition) is 2. The molecule has 0 aliphatic rings. The summed E-state index contributed by atoms with van der Waals surface area (Å²) in [5, 5.41) is 2.83. The van der Waals surface area contributed by atoms with Crippen LogP contribution in [0.2, 0.25) is 5.02 Å². The van der Waals surface area contributed by atoms with Gasteiger partial charge >= 0.3 is 5.97 Å². The number of carbonyl (C=O) groups is 1. The number of methoxy groups -OCH3 is 1. The molecular formula is C21H18Cl2O2. The maximum absolute atomic E-state index is 12.6. The van der Waals surface area contributed by atoms with Gasteiger partial charge in [-0.1, -0.05) is 73.1 Å². The normalized spacial score (nSPS) is 14.7. The largest absolute Gasteiger partial charge is 0.467 e. The minimum absolute atomic E-state index is 0.299. The average Bonchev–Trinajstić information content (AvgIpc) is 2.66. The SMILES string of the molecule is COC(=O)C(Cl)(c1ccc(Cl)cc1)C(C)c1ccc2ccccc2c1. The lowest BCUT2D eigenvalue weighted by Gasteiger charge is -2.31. The summed E-state index contributed by atoms with van der Waals surface area (Å²) in [5.74, 6) is -0.787. The van der Waals surface area contributed by atoms with E-state index in [1.807, 2.05) is 37.3 Å². The molecule has 0 aliphatic heterocycles. The zero-order valence-electron chi connectivity index (χ0n) is 14.0. The molecule has 0 saturated carbocycles. The Bertz CT molecular complexity index is 905. The molecule has 2 nitrogen and oxygen atoms in total. The summed E-state index contributed by atoms with van der Waals surface area (Å²) in [5.41, 5.74) is 1.63. The zero-order valence-corrected chi connectivity index (χ0v) is 15.5. The first kappa shape index (κ1) is 17.8. The Hall–Kier alpha value is -2.03. The van der Waals surface area contributed by atoms with Crippen LogP contribution in [0.25, 0.3) is 10.8 Å². The van der Waals surface area contributed by atoms with Gasteiger partial charge in [0, 0.05) is 10.9 Å². The lowest BCUT2D eigenvalue weighted by atomic mass is 9.81. The minimum Gasteiger partial charge on any atom is -0.467 e. The summed E-state index contributed by atoms with van der Waals surface area (Å²) in [7, 11) is 1.35. The summed E-state index contributed by atoms with van der Waals surface area (Å²) in [6, 6.07) is 21.2. The Balaban J connectivity index is 2.11. The standard InChI is InChI=1S/C21H18Cl2O2/c1-14(16-8-7-15-5-3-4-6-17(15)13-16)21(23,20(24)25-2)18-9-11-19(22)12-10-18/h3-14H,1-2H3. The molecule has 0 radical (unpaired) electrons. The molecule has 25 heavy (non-hydrogen) atoms. The van der Waals surface area contributed by atoms with Crippen LogP contribution in [0, 0.1) is 0 Å². The van der Waals surface area contributed by atoms with Crippen LogP contribution >= 0.6 is 23.2 Å². The molecular weight excluding hydrogens is 355 g/mol. The number of esters is 1. The van der Waals surface area contributed by atoms with Gasteiger partial charge in [0.2, 0.25) is 0 Å². The fourth-order valence-electron chi connectivity index (χ4n) is 3.09. The van der Waals surface area contributed by atoms with Gasteiger partial charge in [-0.25, -0.2) is 4.79 Å². The summed E-state index contributed by atoms with van der Waals surface area (Å²) in [4.78, 5) is 11.3. The Morgan fingerprint density at radius 2 is 1.64 bits per heavy atom. The predicted octanol–water partition coefficient (Wildman–Crippen LogP) is 5.90. The average molecular weight is 373 g/mol. The highest BCUT2D eigenvalue weighted by molar-refractivity contribution is 6.35. The molecule has 2 unspecified atom stereocenters. The van der Waals surface area contributed by atoms with E-state index in [0.29, 0.717) is 10.6 Å². The summed E-state index contributed by atoms with van der Waals surface area (Å²) in [6.45, 7) is 1.93. The molecule has 0 spiro atoms. The highest BCUT2D eigenvalue weighted by atomic mass is 35.5. The van der Waals surface area contributed by atoms with E-state index < -0.39 is 10.8 Å². The molecule has 0 bridgehead atoms. The van der Waals surface area contributed by atoms with Gasteiger partial charge in [0.15, 0.2) is 4.87 Å². The Labute approximate surface area is 157 Å². The second kappa shape index (κ2) is 7.07. The van der Waals surface area contributed by atoms with Crippen molar-refractivity contribution < 1.29 is 9.53 Å². The molecule has 4 heteroatoms. The second-order valence-corrected chi connectivity index (χ2v) is 7.07. The molecule has 0 heterocycles. The van der Waals surface area contributed by atoms with E-state index in [4.69, 9.17) is 27.9 Å². The Morgan fingerprint density at radius 3 is 2.28 bits per heavy atom. The van der Waals surface area contributed by atoms with E-state index in [-0.39, 0.29) is 5.92 Å². The zero-order chi connectivity index (χ0) is 18.0. The maximum Gasteiger partial charge on any atom is 0.332 e. The Morgan fingerprint density at radius 1 is 1.00 bits per heavy atom. The quantitative estimate of drug-likeness (QED) is 0.420. The van der Waals surface area contributed by atoms with Gasteiger partial charge < -0.3 is 4.74 Å². The third kappa shape index (κ3) is 3.24. The highest BCUT2D eigenvalue weighted by Crippen LogP contribution is 2.44. The van der Waals surface area contributed by atoms with E-state index in [1.165, 1.54) is 7.11 Å². The number of benzene rings is 3. The first-order chi connectivity index (χ1) is 12.0. The summed E-state index contributed by atoms with van der Waals surface area (Å²) in [6.07, 6.45) is 0. The first-order valence-electron chi connectivity index (χ1n) is 7.99. The van der Waals surface area contributed by atoms with Crippen LogP contribution in [-0.2, 0) is 14.4 Å². The van der Waals surface area contributed by atoms with Gasteiger partial charge in [0.25, 0.3) is 0 Å². The van der Waals surface area contributed by atoms with Gasteiger partial charge in [-0.05, 0) is 34.0 Å². The maximum atomic E-state index is 12.6. The van der Waals surface area contributed by atoms with Gasteiger partial charge in [0.1, 0.15) is 0 Å². The van der Waals surface area contributed by atoms with Gasteiger partial charge in [-0.15, -0.1) is 11.6 Å². The van der Waals surface area contributed by atoms with E-state index in [1.54, 1.807) is 24.3 Å².